The van der Waals surface area contributed by atoms with Crippen LogP contribution in [-0.4, -0.2) is 27.5 Å². The van der Waals surface area contributed by atoms with Gasteiger partial charge in [0.2, 0.25) is 5.91 Å². The third kappa shape index (κ3) is 4.17. The fourth-order valence-corrected chi connectivity index (χ4v) is 2.84. The second-order valence-corrected chi connectivity index (χ2v) is 6.67. The van der Waals surface area contributed by atoms with Crippen LogP contribution in [0.4, 0.5) is 16.2 Å². The molecule has 0 bridgehead atoms. The van der Waals surface area contributed by atoms with Crippen LogP contribution in [0.5, 0.6) is 0 Å². The average molecular weight is 377 g/mol. The number of amides is 3. The van der Waals surface area contributed by atoms with Crippen LogP contribution in [0.15, 0.2) is 59.5 Å². The number of nitrogens with one attached hydrogen (secondary N) is 3. The molecule has 8 nitrogen and oxygen atoms in total. The maximum Gasteiger partial charge on any atom is 0.319 e. The fraction of sp³-hybridized carbons (Fsp3) is 0.200. The number of aromatic nitrogens is 2. The summed E-state index contributed by atoms with van der Waals surface area (Å²) in [4.78, 5) is 40.3. The topological polar surface area (TPSA) is 105 Å². The van der Waals surface area contributed by atoms with Crippen molar-refractivity contribution >= 4 is 34.3 Å². The van der Waals surface area contributed by atoms with Crippen molar-refractivity contribution in [1.29, 1.82) is 0 Å². The fourth-order valence-electron chi connectivity index (χ4n) is 2.84. The van der Waals surface area contributed by atoms with E-state index in [0.717, 1.165) is 12.8 Å². The monoisotopic (exact) mass is 377 g/mol. The molecule has 2 aromatic carbocycles. The predicted molar refractivity (Wildman–Crippen MR) is 106 cm³/mol. The summed E-state index contributed by atoms with van der Waals surface area (Å²) in [6.07, 6.45) is 3.26. The van der Waals surface area contributed by atoms with E-state index in [-0.39, 0.29) is 30.1 Å². The van der Waals surface area contributed by atoms with Gasteiger partial charge >= 0.3 is 6.03 Å². The third-order valence-corrected chi connectivity index (χ3v) is 4.39. The summed E-state index contributed by atoms with van der Waals surface area (Å²) in [7, 11) is 0. The SMILES string of the molecule is O=C(Cn1c(=O)cnc2ccccc21)Nc1ccc(NC(=O)NC2CC2)cc1. The normalized spacial score (nSPS) is 13.1. The van der Waals surface area contributed by atoms with E-state index in [0.29, 0.717) is 22.4 Å². The van der Waals surface area contributed by atoms with Gasteiger partial charge in [0.15, 0.2) is 0 Å². The molecule has 0 unspecified atom stereocenters. The number of rotatable bonds is 5. The van der Waals surface area contributed by atoms with Crippen molar-refractivity contribution < 1.29 is 9.59 Å². The maximum absolute atomic E-state index is 12.4. The molecule has 28 heavy (non-hydrogen) atoms. The molecule has 0 saturated heterocycles. The number of urea groups is 1. The molecule has 1 aromatic heterocycles. The van der Waals surface area contributed by atoms with E-state index in [9.17, 15) is 14.4 Å². The number of para-hydroxylation sites is 2. The Morgan fingerprint density at radius 3 is 2.39 bits per heavy atom. The highest BCUT2D eigenvalue weighted by molar-refractivity contribution is 5.93. The number of carbonyl (C=O) groups excluding carboxylic acids is 2. The molecule has 0 spiro atoms. The lowest BCUT2D eigenvalue weighted by Gasteiger charge is -2.11. The summed E-state index contributed by atoms with van der Waals surface area (Å²) < 4.78 is 1.38. The number of fused-ring (bicyclic) bond motifs is 1. The van der Waals surface area contributed by atoms with Gasteiger partial charge in [0.05, 0.1) is 17.2 Å². The number of anilines is 2. The molecule has 1 heterocycles. The van der Waals surface area contributed by atoms with Crippen molar-refractivity contribution in [3.8, 4) is 0 Å². The average Bonchev–Trinajstić information content (AvgIpc) is 3.49. The van der Waals surface area contributed by atoms with Crippen LogP contribution in [0, 0.1) is 0 Å². The predicted octanol–water partition coefficient (Wildman–Crippen LogP) is 2.32. The van der Waals surface area contributed by atoms with Crippen molar-refractivity contribution in [2.24, 2.45) is 0 Å². The summed E-state index contributed by atoms with van der Waals surface area (Å²) in [5.41, 5.74) is 2.12. The molecule has 1 saturated carbocycles. The Labute approximate surface area is 160 Å². The van der Waals surface area contributed by atoms with Gasteiger partial charge in [-0.2, -0.15) is 0 Å². The van der Waals surface area contributed by atoms with Crippen LogP contribution >= 0.6 is 0 Å². The van der Waals surface area contributed by atoms with E-state index >= 15 is 0 Å². The minimum atomic E-state index is -0.338. The van der Waals surface area contributed by atoms with Gasteiger partial charge in [-0.3, -0.25) is 14.2 Å². The number of hydrogen-bond donors (Lipinski definition) is 3. The summed E-state index contributed by atoms with van der Waals surface area (Å²) >= 11 is 0. The van der Waals surface area contributed by atoms with E-state index in [4.69, 9.17) is 0 Å². The highest BCUT2D eigenvalue weighted by Crippen LogP contribution is 2.19. The van der Waals surface area contributed by atoms with Gasteiger partial charge in [-0.1, -0.05) is 12.1 Å². The first-order chi connectivity index (χ1) is 13.6. The zero-order valence-corrected chi connectivity index (χ0v) is 15.0. The van der Waals surface area contributed by atoms with Crippen LogP contribution in [0.2, 0.25) is 0 Å². The summed E-state index contributed by atoms with van der Waals surface area (Å²) in [6.45, 7) is -0.119. The van der Waals surface area contributed by atoms with Gasteiger partial charge in [0, 0.05) is 17.4 Å². The third-order valence-electron chi connectivity index (χ3n) is 4.39. The molecule has 142 valence electrons. The van der Waals surface area contributed by atoms with Crippen molar-refractivity contribution in [2.45, 2.75) is 25.4 Å². The molecule has 1 aliphatic rings. The van der Waals surface area contributed by atoms with Crippen molar-refractivity contribution in [1.82, 2.24) is 14.9 Å². The molecule has 0 radical (unpaired) electrons. The first kappa shape index (κ1) is 17.7. The lowest BCUT2D eigenvalue weighted by molar-refractivity contribution is -0.116. The Balaban J connectivity index is 1.41. The van der Waals surface area contributed by atoms with Crippen LogP contribution < -0.4 is 21.5 Å². The van der Waals surface area contributed by atoms with Crippen molar-refractivity contribution in [3.05, 3.63) is 65.1 Å². The van der Waals surface area contributed by atoms with Gasteiger partial charge in [-0.25, -0.2) is 9.78 Å². The zero-order valence-electron chi connectivity index (χ0n) is 15.0. The maximum atomic E-state index is 12.4. The van der Waals surface area contributed by atoms with Crippen LogP contribution in [0.1, 0.15) is 12.8 Å². The van der Waals surface area contributed by atoms with Crippen LogP contribution in [-0.2, 0) is 11.3 Å². The van der Waals surface area contributed by atoms with Gasteiger partial charge in [0.1, 0.15) is 6.54 Å². The van der Waals surface area contributed by atoms with Crippen LogP contribution in [0.25, 0.3) is 11.0 Å². The van der Waals surface area contributed by atoms with E-state index < -0.39 is 0 Å². The molecular formula is C20H19N5O3. The molecule has 0 aliphatic heterocycles. The minimum absolute atomic E-state index is 0.119. The highest BCUT2D eigenvalue weighted by Gasteiger charge is 2.23. The molecule has 3 N–H and O–H groups in total. The first-order valence-corrected chi connectivity index (χ1v) is 9.00. The minimum Gasteiger partial charge on any atom is -0.335 e. The molecule has 1 aliphatic carbocycles. The van der Waals surface area contributed by atoms with Crippen molar-refractivity contribution in [3.63, 3.8) is 0 Å². The molecule has 8 heteroatoms. The number of benzene rings is 2. The van der Waals surface area contributed by atoms with Crippen molar-refractivity contribution in [2.75, 3.05) is 10.6 Å². The molecule has 0 atom stereocenters. The Morgan fingerprint density at radius 2 is 1.68 bits per heavy atom. The summed E-state index contributed by atoms with van der Waals surface area (Å²) in [5, 5.41) is 8.34. The Morgan fingerprint density at radius 1 is 1.00 bits per heavy atom. The second-order valence-electron chi connectivity index (χ2n) is 6.67. The molecule has 3 aromatic rings. The highest BCUT2D eigenvalue weighted by atomic mass is 16.2. The van der Waals surface area contributed by atoms with E-state index in [1.807, 2.05) is 6.07 Å². The van der Waals surface area contributed by atoms with Gasteiger partial charge in [0.25, 0.3) is 5.56 Å². The molecular weight excluding hydrogens is 358 g/mol. The smallest absolute Gasteiger partial charge is 0.319 e. The number of nitrogens with zero attached hydrogens (tertiary/aromatic N) is 2. The van der Waals surface area contributed by atoms with Gasteiger partial charge < -0.3 is 16.0 Å². The van der Waals surface area contributed by atoms with E-state index in [1.54, 1.807) is 42.5 Å². The lowest BCUT2D eigenvalue weighted by atomic mass is 10.2. The lowest BCUT2D eigenvalue weighted by Crippen LogP contribution is -2.30. The largest absolute Gasteiger partial charge is 0.335 e. The first-order valence-electron chi connectivity index (χ1n) is 9.00. The Hall–Kier alpha value is -3.68. The molecule has 4 rings (SSSR count). The van der Waals surface area contributed by atoms with E-state index in [1.165, 1.54) is 10.8 Å². The quantitative estimate of drug-likeness (QED) is 0.634. The van der Waals surface area contributed by atoms with Crippen LogP contribution in [0.3, 0.4) is 0 Å². The molecule has 3 amide bonds. The number of carbonyl (C=O) groups is 2. The molecule has 1 fully saturated rings. The van der Waals surface area contributed by atoms with E-state index in [2.05, 4.69) is 20.9 Å². The standard InChI is InChI=1S/C20H19N5O3/c26-18(12-25-17-4-2-1-3-16(17)21-11-19(25)27)22-13-5-7-14(8-6-13)23-20(28)24-15-9-10-15/h1-8,11,15H,9-10,12H2,(H,22,26)(H2,23,24,28). The summed E-state index contributed by atoms with van der Waals surface area (Å²) in [6, 6.07) is 14.0. The van der Waals surface area contributed by atoms with Gasteiger partial charge in [-0.15, -0.1) is 0 Å². The second kappa shape index (κ2) is 7.51. The zero-order chi connectivity index (χ0) is 19.5. The Kier molecular flexibility index (Phi) is 4.76. The number of hydrogen-bond acceptors (Lipinski definition) is 4. The summed E-state index contributed by atoms with van der Waals surface area (Å²) in [5.74, 6) is -0.328. The van der Waals surface area contributed by atoms with Gasteiger partial charge in [-0.05, 0) is 49.2 Å². The Bertz CT molecular complexity index is 1090.